The largest absolute Gasteiger partial charge is 0.355 e. The van der Waals surface area contributed by atoms with Gasteiger partial charge in [-0.15, -0.1) is 0 Å². The molecule has 0 saturated carbocycles. The molecule has 11 nitrogen and oxygen atoms in total. The van der Waals surface area contributed by atoms with Crippen LogP contribution in [0.4, 0.5) is 28.4 Å². The van der Waals surface area contributed by atoms with E-state index < -0.39 is 11.3 Å². The molecule has 2 spiro atoms. The number of Topliss-reactive ketones (excluding diaryl/α,β-unsaturated/α-hetero) is 1. The van der Waals surface area contributed by atoms with Gasteiger partial charge in [-0.3, -0.25) is 14.4 Å². The van der Waals surface area contributed by atoms with Gasteiger partial charge in [0.15, 0.2) is 17.1 Å². The fourth-order valence-corrected chi connectivity index (χ4v) is 11.0. The maximum Gasteiger partial charge on any atom is 0.221 e. The monoisotopic (exact) mass is 848 g/mol. The summed E-state index contributed by atoms with van der Waals surface area (Å²) in [7, 11) is 0. The fraction of sp³-hybridized carbons (Fsp3) is 0.0741. The molecule has 0 radical (unpaired) electrons. The van der Waals surface area contributed by atoms with E-state index >= 15 is 4.79 Å². The molecule has 0 saturated heterocycles. The van der Waals surface area contributed by atoms with Crippen molar-refractivity contribution in [2.75, 3.05) is 26.6 Å². The predicted molar refractivity (Wildman–Crippen MR) is 253 cm³/mol. The standard InChI is InChI=1S/C54H36N6O5/c1-27(61)55-31-19-23-41-37(25-31)33-11-3-5-13-39(33)53(41)57-43-15-7-9-29-17-21-35(49(59-53)45(29)43)47-51(63)48(52(47)65-64)36-22-18-30-10-8-16-44-46(30)50(36)60-54(58-44)40-14-6-4-12-34(40)38-26-32(56-28(2)62)20-24-42(38)54/h3-26,57,59-60,64H,1-2H3,(H,55,61)(H,56,62)/b48-36-. The zero-order valence-corrected chi connectivity index (χ0v) is 34.9. The third-order valence-electron chi connectivity index (χ3n) is 13.5. The molecule has 65 heavy (non-hydrogen) atoms. The summed E-state index contributed by atoms with van der Waals surface area (Å²) in [6, 6.07) is 47.8. The Balaban J connectivity index is 1.01. The lowest BCUT2D eigenvalue weighted by Crippen LogP contribution is -2.45. The van der Waals surface area contributed by atoms with Crippen molar-refractivity contribution in [3.05, 3.63) is 190 Å². The first-order valence-corrected chi connectivity index (χ1v) is 21.4. The summed E-state index contributed by atoms with van der Waals surface area (Å²) >= 11 is 0. The smallest absolute Gasteiger partial charge is 0.221 e. The lowest BCUT2D eigenvalue weighted by Gasteiger charge is -2.41. The second-order valence-corrected chi connectivity index (χ2v) is 17.2. The molecule has 5 aliphatic rings. The number of hydrogen-bond acceptors (Lipinski definition) is 9. The van der Waals surface area contributed by atoms with Crippen molar-refractivity contribution in [2.24, 2.45) is 4.99 Å². The van der Waals surface area contributed by atoms with Crippen LogP contribution in [0.3, 0.4) is 0 Å². The number of allylic oxidation sites excluding steroid dienone is 2. The Morgan fingerprint density at radius 1 is 0.569 bits per heavy atom. The lowest BCUT2D eigenvalue weighted by molar-refractivity contribution is -0.198. The van der Waals surface area contributed by atoms with E-state index in [1.165, 1.54) is 13.8 Å². The number of benzene rings is 8. The fourth-order valence-electron chi connectivity index (χ4n) is 11.0. The van der Waals surface area contributed by atoms with Crippen LogP contribution in [0.15, 0.2) is 156 Å². The summed E-state index contributed by atoms with van der Waals surface area (Å²) in [5.74, 6) is -0.556. The molecular formula is C54H36N6O5. The molecule has 2 heterocycles. The van der Waals surface area contributed by atoms with Crippen molar-refractivity contribution in [1.82, 2.24) is 0 Å². The minimum atomic E-state index is -1.08. The molecule has 2 unspecified atom stereocenters. The number of ketones is 1. The van der Waals surface area contributed by atoms with Gasteiger partial charge in [-0.25, -0.2) is 10.2 Å². The molecule has 8 aromatic rings. The van der Waals surface area contributed by atoms with Gasteiger partial charge in [0.1, 0.15) is 0 Å². The number of amides is 2. The number of anilines is 5. The zero-order valence-electron chi connectivity index (χ0n) is 34.9. The number of rotatable bonds is 4. The molecule has 6 N–H and O–H groups in total. The van der Waals surface area contributed by atoms with Gasteiger partial charge >= 0.3 is 0 Å². The summed E-state index contributed by atoms with van der Waals surface area (Å²) in [5, 5.41) is 33.3. The van der Waals surface area contributed by atoms with Gasteiger partial charge in [-0.2, -0.15) is 0 Å². The highest BCUT2D eigenvalue weighted by molar-refractivity contribution is 6.52. The Morgan fingerprint density at radius 2 is 1.18 bits per heavy atom. The molecule has 0 fully saturated rings. The second-order valence-electron chi connectivity index (χ2n) is 17.2. The Hall–Kier alpha value is -8.54. The van der Waals surface area contributed by atoms with Crippen LogP contribution >= 0.6 is 0 Å². The van der Waals surface area contributed by atoms with Crippen LogP contribution in [0.1, 0.15) is 41.7 Å². The third kappa shape index (κ3) is 4.92. The topological polar surface area (TPSA) is 153 Å². The molecule has 2 aliphatic heterocycles. The first-order chi connectivity index (χ1) is 31.7. The van der Waals surface area contributed by atoms with Crippen LogP contribution in [0.2, 0.25) is 0 Å². The van der Waals surface area contributed by atoms with E-state index in [0.717, 1.165) is 77.1 Å². The van der Waals surface area contributed by atoms with Crippen molar-refractivity contribution in [2.45, 2.75) is 25.2 Å². The van der Waals surface area contributed by atoms with E-state index in [-0.39, 0.29) is 34.5 Å². The van der Waals surface area contributed by atoms with Gasteiger partial charge in [0.25, 0.3) is 0 Å². The third-order valence-corrected chi connectivity index (χ3v) is 13.5. The highest BCUT2D eigenvalue weighted by Crippen LogP contribution is 2.56. The molecule has 2 amide bonds. The number of nitrogens with one attached hydrogen (secondary N) is 5. The summed E-state index contributed by atoms with van der Waals surface area (Å²) in [6.45, 7) is 2.98. The van der Waals surface area contributed by atoms with Gasteiger partial charge in [-0.1, -0.05) is 109 Å². The van der Waals surface area contributed by atoms with E-state index in [0.29, 0.717) is 33.5 Å². The van der Waals surface area contributed by atoms with Crippen LogP contribution in [0.5, 0.6) is 0 Å². The van der Waals surface area contributed by atoms with Crippen LogP contribution in [-0.4, -0.2) is 22.9 Å². The Labute approximate surface area is 370 Å². The van der Waals surface area contributed by atoms with Gasteiger partial charge in [0.05, 0.1) is 27.9 Å². The van der Waals surface area contributed by atoms with E-state index in [4.69, 9.17) is 9.88 Å². The number of carbonyl (C=O) groups excluding carboxylic acids is 3. The number of nitrogens with zero attached hydrogens (tertiary/aromatic N) is 1. The van der Waals surface area contributed by atoms with Gasteiger partial charge in [0, 0.05) is 74.7 Å². The van der Waals surface area contributed by atoms with Gasteiger partial charge < -0.3 is 31.5 Å². The molecular weight excluding hydrogens is 813 g/mol. The first-order valence-electron chi connectivity index (χ1n) is 21.4. The van der Waals surface area contributed by atoms with E-state index in [1.54, 1.807) is 0 Å². The van der Waals surface area contributed by atoms with Crippen LogP contribution in [0.25, 0.3) is 54.9 Å². The van der Waals surface area contributed by atoms with Crippen LogP contribution in [-0.2, 0) is 30.6 Å². The van der Waals surface area contributed by atoms with E-state index in [9.17, 15) is 14.8 Å². The lowest BCUT2D eigenvalue weighted by atomic mass is 9.79. The summed E-state index contributed by atoms with van der Waals surface area (Å²) < 4.78 is 0. The van der Waals surface area contributed by atoms with Crippen molar-refractivity contribution in [3.8, 4) is 22.3 Å². The Morgan fingerprint density at radius 3 is 1.92 bits per heavy atom. The van der Waals surface area contributed by atoms with Gasteiger partial charge in [-0.05, 0) is 69.4 Å². The predicted octanol–water partition coefficient (Wildman–Crippen LogP) is 9.19. The molecule has 0 bridgehead atoms. The Bertz CT molecular complexity index is 3750. The van der Waals surface area contributed by atoms with Crippen molar-refractivity contribution >= 4 is 78.7 Å². The normalized spacial score (nSPS) is 19.6. The van der Waals surface area contributed by atoms with E-state index in [2.05, 4.69) is 50.8 Å². The molecule has 2 atom stereocenters. The number of fused-ring (bicyclic) bond motifs is 10. The molecule has 312 valence electrons. The van der Waals surface area contributed by atoms with Crippen molar-refractivity contribution < 1.29 is 24.5 Å². The molecule has 11 heteroatoms. The molecule has 0 aromatic heterocycles. The average molecular weight is 849 g/mol. The summed E-state index contributed by atoms with van der Waals surface area (Å²) in [6.07, 6.45) is 0. The quantitative estimate of drug-likeness (QED) is 0.0758. The Kier molecular flexibility index (Phi) is 7.41. The minimum Gasteiger partial charge on any atom is -0.355 e. The molecule has 8 aromatic carbocycles. The van der Waals surface area contributed by atoms with Crippen LogP contribution in [0, 0.1) is 0 Å². The van der Waals surface area contributed by atoms with Crippen molar-refractivity contribution in [1.29, 1.82) is 0 Å². The number of carbonyl (C=O) groups is 3. The van der Waals surface area contributed by atoms with E-state index in [1.807, 2.05) is 121 Å². The molecule has 13 rings (SSSR count). The second kappa shape index (κ2) is 13.0. The number of hydrogen-bond donors (Lipinski definition) is 6. The highest BCUT2D eigenvalue weighted by atomic mass is 17.1. The highest BCUT2D eigenvalue weighted by Gasteiger charge is 2.49. The maximum absolute atomic E-state index is 15.2. The zero-order chi connectivity index (χ0) is 43.9. The minimum absolute atomic E-state index is 0.0586. The molecule has 3 aliphatic carbocycles. The SMILES string of the molecule is CC(=O)Nc1ccc2c(c1)-c1ccccc1C21N=c2cccc3cc/c(=C4\C(=O)C(c5ccc6cccc7c6c5NC5(N7)c6ccccc6-c6cc(NC(C)=O)ccc65)=C4OO)c(c23)N1. The first kappa shape index (κ1) is 37.1. The maximum atomic E-state index is 15.2. The van der Waals surface area contributed by atoms with Crippen LogP contribution < -0.4 is 37.2 Å². The summed E-state index contributed by atoms with van der Waals surface area (Å²) in [5.41, 5.74) is 10.2. The summed E-state index contributed by atoms with van der Waals surface area (Å²) in [4.78, 5) is 50.2. The van der Waals surface area contributed by atoms with Crippen molar-refractivity contribution in [3.63, 3.8) is 0 Å². The average Bonchev–Trinajstić information content (AvgIpc) is 3.71. The van der Waals surface area contributed by atoms with Gasteiger partial charge in [0.2, 0.25) is 17.6 Å².